The highest BCUT2D eigenvalue weighted by Crippen LogP contribution is 2.33. The van der Waals surface area contributed by atoms with Crippen molar-refractivity contribution in [2.75, 3.05) is 5.32 Å². The summed E-state index contributed by atoms with van der Waals surface area (Å²) in [5.74, 6) is 0.723. The SMILES string of the molecule is Clc1ccc2c(c1)SNC(Nc1ccccc1)=N2. The molecule has 2 N–H and O–H groups in total. The van der Waals surface area contributed by atoms with Crippen LogP contribution in [0, 0.1) is 0 Å². The molecule has 1 aliphatic heterocycles. The first-order valence-electron chi connectivity index (χ1n) is 5.44. The highest BCUT2D eigenvalue weighted by Gasteiger charge is 2.12. The molecule has 0 bridgehead atoms. The summed E-state index contributed by atoms with van der Waals surface area (Å²) in [5.41, 5.74) is 1.92. The van der Waals surface area contributed by atoms with Crippen LogP contribution in [0.1, 0.15) is 0 Å². The molecule has 0 saturated heterocycles. The maximum Gasteiger partial charge on any atom is 0.211 e. The number of aliphatic imine (C=N–C) groups is 1. The third kappa shape index (κ3) is 2.44. The smallest absolute Gasteiger partial charge is 0.211 e. The van der Waals surface area contributed by atoms with Gasteiger partial charge in [0.2, 0.25) is 5.96 Å². The normalized spacial score (nSPS) is 13.3. The van der Waals surface area contributed by atoms with E-state index in [0.29, 0.717) is 0 Å². The Kier molecular flexibility index (Phi) is 3.13. The first-order chi connectivity index (χ1) is 8.81. The van der Waals surface area contributed by atoms with Gasteiger partial charge in [-0.15, -0.1) is 0 Å². The number of fused-ring (bicyclic) bond motifs is 1. The molecule has 0 aliphatic carbocycles. The molecule has 1 aliphatic rings. The van der Waals surface area contributed by atoms with Crippen LogP contribution in [0.2, 0.25) is 5.02 Å². The Balaban J connectivity index is 1.85. The lowest BCUT2D eigenvalue weighted by atomic mass is 10.3. The van der Waals surface area contributed by atoms with Crippen molar-refractivity contribution in [1.29, 1.82) is 0 Å². The van der Waals surface area contributed by atoms with E-state index in [2.05, 4.69) is 15.0 Å². The standard InChI is InChI=1S/C13H10ClN3S/c14-9-6-7-11-12(8-9)18-17-13(16-11)15-10-4-2-1-3-5-10/h1-8H,(H2,15,16,17). The minimum Gasteiger partial charge on any atom is -0.325 e. The van der Waals surface area contributed by atoms with Gasteiger partial charge in [-0.2, -0.15) is 0 Å². The van der Waals surface area contributed by atoms with Crippen LogP contribution in [0.25, 0.3) is 0 Å². The third-order valence-corrected chi connectivity index (χ3v) is 3.53. The predicted octanol–water partition coefficient (Wildman–Crippen LogP) is 4.05. The second-order valence-corrected chi connectivity index (χ2v) is 5.05. The van der Waals surface area contributed by atoms with Crippen molar-refractivity contribution in [2.45, 2.75) is 4.90 Å². The number of halogens is 1. The van der Waals surface area contributed by atoms with Crippen molar-refractivity contribution < 1.29 is 0 Å². The molecular formula is C13H10ClN3S. The maximum atomic E-state index is 5.94. The van der Waals surface area contributed by atoms with Crippen molar-refractivity contribution in [3.8, 4) is 0 Å². The summed E-state index contributed by atoms with van der Waals surface area (Å²) < 4.78 is 3.15. The number of nitrogens with zero attached hydrogens (tertiary/aromatic N) is 1. The van der Waals surface area contributed by atoms with E-state index in [1.807, 2.05) is 48.5 Å². The van der Waals surface area contributed by atoms with Crippen LogP contribution in [0.3, 0.4) is 0 Å². The molecule has 0 radical (unpaired) electrons. The topological polar surface area (TPSA) is 36.4 Å². The van der Waals surface area contributed by atoms with Crippen LogP contribution in [-0.2, 0) is 0 Å². The van der Waals surface area contributed by atoms with Gasteiger partial charge >= 0.3 is 0 Å². The Morgan fingerprint density at radius 2 is 1.94 bits per heavy atom. The van der Waals surface area contributed by atoms with Crippen molar-refractivity contribution >= 4 is 40.9 Å². The lowest BCUT2D eigenvalue weighted by Gasteiger charge is -2.17. The van der Waals surface area contributed by atoms with Gasteiger partial charge in [0.05, 0.1) is 10.6 Å². The Morgan fingerprint density at radius 3 is 2.78 bits per heavy atom. The second-order valence-electron chi connectivity index (χ2n) is 3.77. The summed E-state index contributed by atoms with van der Waals surface area (Å²) in [4.78, 5) is 5.53. The molecule has 1 heterocycles. The van der Waals surface area contributed by atoms with E-state index >= 15 is 0 Å². The number of para-hydroxylation sites is 1. The number of benzene rings is 2. The van der Waals surface area contributed by atoms with Crippen molar-refractivity contribution in [1.82, 2.24) is 4.72 Å². The van der Waals surface area contributed by atoms with E-state index < -0.39 is 0 Å². The molecule has 0 amide bonds. The van der Waals surface area contributed by atoms with E-state index in [4.69, 9.17) is 11.6 Å². The third-order valence-electron chi connectivity index (χ3n) is 2.45. The van der Waals surface area contributed by atoms with Crippen LogP contribution in [0.15, 0.2) is 58.4 Å². The minimum atomic E-state index is 0.720. The Morgan fingerprint density at radius 1 is 1.11 bits per heavy atom. The van der Waals surface area contributed by atoms with Crippen molar-refractivity contribution in [2.24, 2.45) is 4.99 Å². The molecule has 18 heavy (non-hydrogen) atoms. The molecule has 3 rings (SSSR count). The summed E-state index contributed by atoms with van der Waals surface area (Å²) in [6, 6.07) is 15.6. The van der Waals surface area contributed by atoms with Crippen molar-refractivity contribution in [3.63, 3.8) is 0 Å². The van der Waals surface area contributed by atoms with E-state index in [1.54, 1.807) is 0 Å². The lowest BCUT2D eigenvalue weighted by Crippen LogP contribution is -2.26. The first kappa shape index (κ1) is 11.4. The maximum absolute atomic E-state index is 5.94. The van der Waals surface area contributed by atoms with Gasteiger partial charge in [-0.05, 0) is 42.3 Å². The summed E-state index contributed by atoms with van der Waals surface area (Å²) in [6.45, 7) is 0. The summed E-state index contributed by atoms with van der Waals surface area (Å²) in [6.07, 6.45) is 0. The number of guanidine groups is 1. The van der Waals surface area contributed by atoms with E-state index in [-0.39, 0.29) is 0 Å². The monoisotopic (exact) mass is 275 g/mol. The molecule has 0 unspecified atom stereocenters. The molecule has 5 heteroatoms. The largest absolute Gasteiger partial charge is 0.325 e. The van der Waals surface area contributed by atoms with Crippen molar-refractivity contribution in [3.05, 3.63) is 53.6 Å². The average molecular weight is 276 g/mol. The second kappa shape index (κ2) is 4.92. The van der Waals surface area contributed by atoms with E-state index in [0.717, 1.165) is 27.3 Å². The highest BCUT2D eigenvalue weighted by molar-refractivity contribution is 7.98. The quantitative estimate of drug-likeness (QED) is 0.771. The fourth-order valence-electron chi connectivity index (χ4n) is 1.62. The van der Waals surface area contributed by atoms with Gasteiger partial charge in [-0.25, -0.2) is 4.99 Å². The predicted molar refractivity (Wildman–Crippen MR) is 77.6 cm³/mol. The fourth-order valence-corrected chi connectivity index (χ4v) is 2.56. The molecule has 0 atom stereocenters. The molecule has 2 aromatic carbocycles. The van der Waals surface area contributed by atoms with Gasteiger partial charge in [-0.1, -0.05) is 29.8 Å². The number of rotatable bonds is 1. The zero-order valence-electron chi connectivity index (χ0n) is 9.35. The first-order valence-corrected chi connectivity index (χ1v) is 6.64. The molecule has 0 saturated carbocycles. The average Bonchev–Trinajstić information content (AvgIpc) is 2.40. The molecule has 0 spiro atoms. The van der Waals surface area contributed by atoms with Crippen LogP contribution in [0.4, 0.5) is 11.4 Å². The zero-order valence-corrected chi connectivity index (χ0v) is 10.9. The van der Waals surface area contributed by atoms with Gasteiger partial charge in [0, 0.05) is 10.7 Å². The molecule has 90 valence electrons. The summed E-state index contributed by atoms with van der Waals surface area (Å²) in [7, 11) is 0. The zero-order chi connectivity index (χ0) is 12.4. The molecule has 0 fully saturated rings. The van der Waals surface area contributed by atoms with Crippen LogP contribution >= 0.6 is 23.5 Å². The molecular weight excluding hydrogens is 266 g/mol. The fraction of sp³-hybridized carbons (Fsp3) is 0. The van der Waals surface area contributed by atoms with Crippen LogP contribution in [0.5, 0.6) is 0 Å². The van der Waals surface area contributed by atoms with Gasteiger partial charge in [0.25, 0.3) is 0 Å². The Hall–Kier alpha value is -1.65. The lowest BCUT2D eigenvalue weighted by molar-refractivity contribution is 1.27. The summed E-state index contributed by atoms with van der Waals surface area (Å²) >= 11 is 7.44. The number of hydrogen-bond donors (Lipinski definition) is 2. The Bertz CT molecular complexity index is 598. The number of hydrogen-bond acceptors (Lipinski definition) is 4. The molecule has 0 aromatic heterocycles. The van der Waals surface area contributed by atoms with Gasteiger partial charge < -0.3 is 5.32 Å². The minimum absolute atomic E-state index is 0.720. The molecule has 2 aromatic rings. The van der Waals surface area contributed by atoms with E-state index in [1.165, 1.54) is 11.9 Å². The van der Waals surface area contributed by atoms with E-state index in [9.17, 15) is 0 Å². The van der Waals surface area contributed by atoms with Gasteiger partial charge in [0.15, 0.2) is 0 Å². The highest BCUT2D eigenvalue weighted by atomic mass is 35.5. The number of anilines is 1. The Labute approximate surface area is 114 Å². The van der Waals surface area contributed by atoms with Gasteiger partial charge in [-0.3, -0.25) is 4.72 Å². The van der Waals surface area contributed by atoms with Crippen LogP contribution in [-0.4, -0.2) is 5.96 Å². The summed E-state index contributed by atoms with van der Waals surface area (Å²) in [5, 5.41) is 3.94. The van der Waals surface area contributed by atoms with Gasteiger partial charge in [0.1, 0.15) is 0 Å². The van der Waals surface area contributed by atoms with Crippen LogP contribution < -0.4 is 10.0 Å². The number of nitrogens with one attached hydrogen (secondary N) is 2. The molecule has 3 nitrogen and oxygen atoms in total.